The standard InChI is InChI=1S/C26H31F3N4O3/c1-26(28,29)16-32-11-8-17(9-12-32)15-36-19-5-7-22(31-14-19)20-6-4-18(13-21(20)27)25(35)33-10-2-3-23(33)24(30)34/h4-7,13-14,17,23H,2-3,8-12,15-16H2,1H3,(H2,30,34)/t23-/m0/s1. The molecule has 0 saturated carbocycles. The third kappa shape index (κ3) is 6.34. The first-order chi connectivity index (χ1) is 17.1. The van der Waals surface area contributed by atoms with Crippen LogP contribution in [0.3, 0.4) is 0 Å². The van der Waals surface area contributed by atoms with Crippen LogP contribution in [0.5, 0.6) is 5.75 Å². The zero-order chi connectivity index (χ0) is 25.9. The van der Waals surface area contributed by atoms with Crippen molar-refractivity contribution in [2.24, 2.45) is 11.7 Å². The Kier molecular flexibility index (Phi) is 7.82. The molecule has 2 fully saturated rings. The molecule has 3 heterocycles. The van der Waals surface area contributed by atoms with Crippen molar-refractivity contribution in [3.05, 3.63) is 47.9 Å². The second-order valence-corrected chi connectivity index (χ2v) is 9.73. The number of aromatic nitrogens is 1. The summed E-state index contributed by atoms with van der Waals surface area (Å²) in [4.78, 5) is 31.8. The molecule has 0 spiro atoms. The Labute approximate surface area is 208 Å². The summed E-state index contributed by atoms with van der Waals surface area (Å²) in [5.74, 6) is -3.45. The van der Waals surface area contributed by atoms with Crippen molar-refractivity contribution in [3.8, 4) is 17.0 Å². The molecular formula is C26H31F3N4O3. The first kappa shape index (κ1) is 25.9. The van der Waals surface area contributed by atoms with E-state index in [-0.39, 0.29) is 23.6 Å². The Morgan fingerprint density at radius 3 is 2.50 bits per heavy atom. The van der Waals surface area contributed by atoms with Crippen LogP contribution in [0.15, 0.2) is 36.5 Å². The number of nitrogens with two attached hydrogens (primary N) is 1. The summed E-state index contributed by atoms with van der Waals surface area (Å²) in [5.41, 5.74) is 6.17. The van der Waals surface area contributed by atoms with Crippen molar-refractivity contribution in [3.63, 3.8) is 0 Å². The lowest BCUT2D eigenvalue weighted by Gasteiger charge is -2.33. The van der Waals surface area contributed by atoms with Gasteiger partial charge in [-0.2, -0.15) is 0 Å². The third-order valence-corrected chi connectivity index (χ3v) is 6.76. The summed E-state index contributed by atoms with van der Waals surface area (Å²) >= 11 is 0. The smallest absolute Gasteiger partial charge is 0.257 e. The van der Waals surface area contributed by atoms with Gasteiger partial charge in [-0.05, 0) is 75.0 Å². The van der Waals surface area contributed by atoms with Gasteiger partial charge in [0, 0.05) is 24.6 Å². The number of hydrogen-bond donors (Lipinski definition) is 1. The van der Waals surface area contributed by atoms with E-state index in [4.69, 9.17) is 10.5 Å². The normalized spacial score (nSPS) is 19.4. The lowest BCUT2D eigenvalue weighted by Crippen LogP contribution is -2.43. The number of hydrogen-bond acceptors (Lipinski definition) is 5. The van der Waals surface area contributed by atoms with Crippen LogP contribution in [0.2, 0.25) is 0 Å². The summed E-state index contributed by atoms with van der Waals surface area (Å²) in [7, 11) is 0. The average Bonchev–Trinajstić information content (AvgIpc) is 3.33. The Bertz CT molecular complexity index is 1080. The monoisotopic (exact) mass is 504 g/mol. The molecule has 0 unspecified atom stereocenters. The van der Waals surface area contributed by atoms with Gasteiger partial charge >= 0.3 is 0 Å². The minimum absolute atomic E-state index is 0.151. The number of nitrogens with zero attached hydrogens (tertiary/aromatic N) is 3. The fraction of sp³-hybridized carbons (Fsp3) is 0.500. The van der Waals surface area contributed by atoms with Crippen molar-refractivity contribution in [2.75, 3.05) is 32.8 Å². The SMILES string of the molecule is CC(F)(F)CN1CCC(COc2ccc(-c3ccc(C(=O)N4CCC[C@H]4C(N)=O)cc3F)nc2)CC1. The lowest BCUT2D eigenvalue weighted by atomic mass is 9.97. The molecular weight excluding hydrogens is 473 g/mol. The van der Waals surface area contributed by atoms with Gasteiger partial charge in [-0.15, -0.1) is 0 Å². The van der Waals surface area contributed by atoms with Gasteiger partial charge in [0.05, 0.1) is 25.0 Å². The van der Waals surface area contributed by atoms with E-state index in [1.807, 2.05) is 0 Å². The number of rotatable bonds is 8. The van der Waals surface area contributed by atoms with E-state index >= 15 is 0 Å². The lowest BCUT2D eigenvalue weighted by molar-refractivity contribution is -0.121. The van der Waals surface area contributed by atoms with Crippen LogP contribution >= 0.6 is 0 Å². The number of likely N-dealkylation sites (tertiary alicyclic amines) is 2. The molecule has 7 nitrogen and oxygen atoms in total. The molecule has 2 aromatic rings. The Morgan fingerprint density at radius 2 is 1.89 bits per heavy atom. The maximum absolute atomic E-state index is 14.9. The highest BCUT2D eigenvalue weighted by Gasteiger charge is 2.33. The third-order valence-electron chi connectivity index (χ3n) is 6.76. The van der Waals surface area contributed by atoms with Crippen LogP contribution in [0.1, 0.15) is 43.0 Å². The summed E-state index contributed by atoms with van der Waals surface area (Å²) in [6.07, 6.45) is 4.28. The summed E-state index contributed by atoms with van der Waals surface area (Å²) < 4.78 is 47.1. The van der Waals surface area contributed by atoms with Gasteiger partial charge in [-0.3, -0.25) is 19.5 Å². The van der Waals surface area contributed by atoms with Crippen LogP contribution in [-0.2, 0) is 4.79 Å². The van der Waals surface area contributed by atoms with Crippen molar-refractivity contribution in [1.29, 1.82) is 0 Å². The van der Waals surface area contributed by atoms with Crippen molar-refractivity contribution < 1.29 is 27.5 Å². The highest BCUT2D eigenvalue weighted by Crippen LogP contribution is 2.27. The molecule has 194 valence electrons. The number of halogens is 3. The van der Waals surface area contributed by atoms with Crippen molar-refractivity contribution >= 4 is 11.8 Å². The molecule has 2 saturated heterocycles. The van der Waals surface area contributed by atoms with Crippen LogP contribution < -0.4 is 10.5 Å². The Balaban J connectivity index is 1.32. The zero-order valence-electron chi connectivity index (χ0n) is 20.3. The molecule has 2 N–H and O–H groups in total. The molecule has 0 bridgehead atoms. The highest BCUT2D eigenvalue weighted by molar-refractivity contribution is 5.98. The van der Waals surface area contributed by atoms with Crippen molar-refractivity contribution in [2.45, 2.75) is 44.6 Å². The number of primary amides is 1. The van der Waals surface area contributed by atoms with Crippen molar-refractivity contribution in [1.82, 2.24) is 14.8 Å². The topological polar surface area (TPSA) is 88.8 Å². The van der Waals surface area contributed by atoms with Crippen LogP contribution in [0.4, 0.5) is 13.2 Å². The predicted octanol–water partition coefficient (Wildman–Crippen LogP) is 3.72. The van der Waals surface area contributed by atoms with Gasteiger partial charge < -0.3 is 15.4 Å². The molecule has 36 heavy (non-hydrogen) atoms. The maximum Gasteiger partial charge on any atom is 0.257 e. The fourth-order valence-electron chi connectivity index (χ4n) is 4.87. The van der Waals surface area contributed by atoms with Crippen LogP contribution in [-0.4, -0.2) is 71.3 Å². The second kappa shape index (κ2) is 10.9. The number of alkyl halides is 2. The minimum atomic E-state index is -2.69. The van der Waals surface area contributed by atoms with E-state index in [9.17, 15) is 22.8 Å². The largest absolute Gasteiger partial charge is 0.492 e. The summed E-state index contributed by atoms with van der Waals surface area (Å²) in [6, 6.07) is 6.85. The number of amides is 2. The van der Waals surface area contributed by atoms with Gasteiger partial charge in [-0.25, -0.2) is 13.2 Å². The minimum Gasteiger partial charge on any atom is -0.492 e. The van der Waals surface area contributed by atoms with Gasteiger partial charge in [0.2, 0.25) is 5.91 Å². The van der Waals surface area contributed by atoms with Crippen LogP contribution in [0, 0.1) is 11.7 Å². The van der Waals surface area contributed by atoms with E-state index < -0.39 is 29.6 Å². The zero-order valence-corrected chi connectivity index (χ0v) is 20.3. The first-order valence-electron chi connectivity index (χ1n) is 12.2. The molecule has 0 aliphatic carbocycles. The van der Waals surface area contributed by atoms with E-state index in [0.29, 0.717) is 50.5 Å². The quantitative estimate of drug-likeness (QED) is 0.592. The Hall–Kier alpha value is -3.14. The second-order valence-electron chi connectivity index (χ2n) is 9.73. The number of pyridine rings is 1. The van der Waals surface area contributed by atoms with E-state index in [1.54, 1.807) is 17.0 Å². The molecule has 1 atom stereocenters. The molecule has 10 heteroatoms. The number of ether oxygens (including phenoxy) is 1. The molecule has 0 radical (unpaired) electrons. The Morgan fingerprint density at radius 1 is 1.14 bits per heavy atom. The predicted molar refractivity (Wildman–Crippen MR) is 128 cm³/mol. The first-order valence-corrected chi connectivity index (χ1v) is 12.2. The maximum atomic E-state index is 14.9. The van der Waals surface area contributed by atoms with E-state index in [0.717, 1.165) is 25.8 Å². The summed E-state index contributed by atoms with van der Waals surface area (Å²) in [6.45, 7) is 2.83. The number of carbonyl (C=O) groups is 2. The highest BCUT2D eigenvalue weighted by atomic mass is 19.3. The van der Waals surface area contributed by atoms with E-state index in [2.05, 4.69) is 4.98 Å². The van der Waals surface area contributed by atoms with Crippen LogP contribution in [0.25, 0.3) is 11.3 Å². The molecule has 1 aromatic heterocycles. The average molecular weight is 505 g/mol. The van der Waals surface area contributed by atoms with Gasteiger partial charge in [0.15, 0.2) is 0 Å². The number of carbonyl (C=O) groups excluding carboxylic acids is 2. The van der Waals surface area contributed by atoms with Gasteiger partial charge in [0.25, 0.3) is 11.8 Å². The molecule has 1 aromatic carbocycles. The number of piperidine rings is 1. The molecule has 2 aliphatic rings. The molecule has 4 rings (SSSR count). The fourth-order valence-corrected chi connectivity index (χ4v) is 4.87. The summed E-state index contributed by atoms with van der Waals surface area (Å²) in [5, 5.41) is 0. The van der Waals surface area contributed by atoms with Gasteiger partial charge in [0.1, 0.15) is 17.6 Å². The van der Waals surface area contributed by atoms with Gasteiger partial charge in [-0.1, -0.05) is 0 Å². The molecule has 2 aliphatic heterocycles. The molecule has 2 amide bonds. The van der Waals surface area contributed by atoms with E-state index in [1.165, 1.54) is 23.2 Å². The number of benzene rings is 1.